The number of nitrogens with two attached hydrogens (primary N) is 1. The molecule has 6 nitrogen and oxygen atoms in total. The van der Waals surface area contributed by atoms with E-state index < -0.39 is 12.1 Å². The van der Waals surface area contributed by atoms with Gasteiger partial charge < -0.3 is 16.4 Å². The van der Waals surface area contributed by atoms with Gasteiger partial charge in [0.1, 0.15) is 12.2 Å². The van der Waals surface area contributed by atoms with Crippen LogP contribution in [-0.2, 0) is 17.8 Å². The molecule has 2 aliphatic rings. The van der Waals surface area contributed by atoms with Crippen LogP contribution in [0.15, 0.2) is 42.5 Å². The van der Waals surface area contributed by atoms with Gasteiger partial charge in [0.15, 0.2) is 0 Å². The molecule has 29 heavy (non-hydrogen) atoms. The molecule has 5 N–H and O–H groups in total. The zero-order valence-electron chi connectivity index (χ0n) is 15.5. The number of anilines is 1. The van der Waals surface area contributed by atoms with Gasteiger partial charge in [0.05, 0.1) is 11.2 Å². The summed E-state index contributed by atoms with van der Waals surface area (Å²) in [5, 5.41) is 10.3. The summed E-state index contributed by atoms with van der Waals surface area (Å²) in [6.07, 6.45) is -0.0376. The Morgan fingerprint density at radius 2 is 1.86 bits per heavy atom. The van der Waals surface area contributed by atoms with Crippen LogP contribution in [0, 0.1) is 5.92 Å². The average molecular weight is 450 g/mol. The van der Waals surface area contributed by atoms with Gasteiger partial charge in [-0.3, -0.25) is 15.0 Å². The zero-order chi connectivity index (χ0) is 20.5. The molecule has 152 valence electrons. The van der Waals surface area contributed by atoms with Crippen LogP contribution in [0.3, 0.4) is 0 Å². The predicted octanol–water partition coefficient (Wildman–Crippen LogP) is 2.70. The smallest absolute Gasteiger partial charge is 0.235 e. The number of nitrogens with one attached hydrogen (secondary N) is 3. The highest BCUT2D eigenvalue weighted by molar-refractivity contribution is 7.80. The van der Waals surface area contributed by atoms with Crippen molar-refractivity contribution in [2.75, 3.05) is 11.9 Å². The Labute approximate surface area is 184 Å². The number of carbonyl (C=O) groups is 1. The molecule has 2 heterocycles. The van der Waals surface area contributed by atoms with Crippen LogP contribution in [0.4, 0.5) is 5.69 Å². The van der Waals surface area contributed by atoms with Gasteiger partial charge in [-0.15, -0.1) is 0 Å². The minimum absolute atomic E-state index is 0.217. The van der Waals surface area contributed by atoms with Crippen molar-refractivity contribution >= 4 is 52.0 Å². The van der Waals surface area contributed by atoms with Crippen molar-refractivity contribution in [1.82, 2.24) is 15.5 Å². The normalized spacial score (nSPS) is 24.5. The highest BCUT2D eigenvalue weighted by atomic mass is 35.5. The molecule has 0 radical (unpaired) electrons. The quantitative estimate of drug-likeness (QED) is 0.539. The molecule has 3 unspecified atom stereocenters. The third-order valence-corrected chi connectivity index (χ3v) is 6.00. The Kier molecular flexibility index (Phi) is 6.06. The monoisotopic (exact) mass is 449 g/mol. The third-order valence-electron chi connectivity index (χ3n) is 5.21. The molecule has 0 aliphatic carbocycles. The SMILES string of the molecule is NC1NC(N2CCc3ccccc3C2)NC(=O)C1C(=S)Nc1cc(Cl)cc(Cl)c1. The third kappa shape index (κ3) is 4.55. The predicted molar refractivity (Wildman–Crippen MR) is 120 cm³/mol. The molecule has 0 saturated carbocycles. The van der Waals surface area contributed by atoms with Crippen LogP contribution < -0.4 is 21.7 Å². The summed E-state index contributed by atoms with van der Waals surface area (Å²) in [4.78, 5) is 15.3. The zero-order valence-corrected chi connectivity index (χ0v) is 17.8. The minimum Gasteiger partial charge on any atom is -0.349 e. The first-order valence-electron chi connectivity index (χ1n) is 9.30. The van der Waals surface area contributed by atoms with E-state index in [9.17, 15) is 4.79 Å². The molecule has 4 rings (SSSR count). The van der Waals surface area contributed by atoms with E-state index in [1.165, 1.54) is 11.1 Å². The first-order chi connectivity index (χ1) is 13.9. The van der Waals surface area contributed by atoms with Gasteiger partial charge >= 0.3 is 0 Å². The number of halogens is 2. The van der Waals surface area contributed by atoms with Crippen LogP contribution in [0.1, 0.15) is 11.1 Å². The lowest BCUT2D eigenvalue weighted by atomic mass is 9.99. The second-order valence-electron chi connectivity index (χ2n) is 7.22. The lowest BCUT2D eigenvalue weighted by molar-refractivity contribution is -0.129. The number of amides is 1. The summed E-state index contributed by atoms with van der Waals surface area (Å²) in [5.41, 5.74) is 9.52. The van der Waals surface area contributed by atoms with Gasteiger partial charge in [-0.05, 0) is 35.7 Å². The highest BCUT2D eigenvalue weighted by Crippen LogP contribution is 2.24. The first kappa shape index (κ1) is 20.5. The number of fused-ring (bicyclic) bond motifs is 1. The Morgan fingerprint density at radius 1 is 1.17 bits per heavy atom. The maximum Gasteiger partial charge on any atom is 0.235 e. The second-order valence-corrected chi connectivity index (χ2v) is 8.53. The lowest BCUT2D eigenvalue weighted by Gasteiger charge is -2.42. The van der Waals surface area contributed by atoms with Gasteiger partial charge in [-0.25, -0.2) is 0 Å². The lowest BCUT2D eigenvalue weighted by Crippen LogP contribution is -2.71. The number of nitrogens with zero attached hydrogens (tertiary/aromatic N) is 1. The van der Waals surface area contributed by atoms with E-state index in [0.29, 0.717) is 20.7 Å². The fourth-order valence-electron chi connectivity index (χ4n) is 3.77. The number of hydrogen-bond acceptors (Lipinski definition) is 5. The summed E-state index contributed by atoms with van der Waals surface area (Å²) in [7, 11) is 0. The maximum absolute atomic E-state index is 12.8. The van der Waals surface area contributed by atoms with Crippen molar-refractivity contribution in [3.05, 3.63) is 63.6 Å². The summed E-state index contributed by atoms with van der Waals surface area (Å²) >= 11 is 17.5. The van der Waals surface area contributed by atoms with Crippen molar-refractivity contribution in [3.63, 3.8) is 0 Å². The number of rotatable bonds is 3. The maximum atomic E-state index is 12.8. The van der Waals surface area contributed by atoms with Crippen molar-refractivity contribution < 1.29 is 4.79 Å². The molecule has 0 bridgehead atoms. The first-order valence-corrected chi connectivity index (χ1v) is 10.5. The summed E-state index contributed by atoms with van der Waals surface area (Å²) in [5.74, 6) is -0.929. The van der Waals surface area contributed by atoms with Crippen LogP contribution in [-0.4, -0.2) is 34.8 Å². The standard InChI is InChI=1S/C20H21Cl2N5OS/c21-13-7-14(22)9-15(8-13)24-19(29)16-17(23)25-20(26-18(16)28)27-6-5-11-3-1-2-4-12(11)10-27/h1-4,7-9,16-17,20,25H,5-6,10,23H2,(H,24,29)(H,26,28). The van der Waals surface area contributed by atoms with Gasteiger partial charge in [-0.2, -0.15) is 0 Å². The van der Waals surface area contributed by atoms with E-state index in [2.05, 4.69) is 39.0 Å². The summed E-state index contributed by atoms with van der Waals surface area (Å²) in [6.45, 7) is 1.57. The van der Waals surface area contributed by atoms with Gasteiger partial charge in [0, 0.05) is 28.8 Å². The van der Waals surface area contributed by atoms with Gasteiger partial charge in [-0.1, -0.05) is 59.7 Å². The number of carbonyl (C=O) groups excluding carboxylic acids is 1. The van der Waals surface area contributed by atoms with Crippen molar-refractivity contribution in [3.8, 4) is 0 Å². The molecule has 9 heteroatoms. The molecule has 1 saturated heterocycles. The molecule has 2 aliphatic heterocycles. The minimum atomic E-state index is -0.712. The summed E-state index contributed by atoms with van der Waals surface area (Å²) in [6, 6.07) is 13.3. The van der Waals surface area contributed by atoms with Crippen LogP contribution in [0.25, 0.3) is 0 Å². The molecule has 0 spiro atoms. The van der Waals surface area contributed by atoms with Crippen LogP contribution >= 0.6 is 35.4 Å². The summed E-state index contributed by atoms with van der Waals surface area (Å²) < 4.78 is 0. The van der Waals surface area contributed by atoms with E-state index >= 15 is 0 Å². The Bertz CT molecular complexity index is 936. The van der Waals surface area contributed by atoms with E-state index in [4.69, 9.17) is 41.2 Å². The average Bonchev–Trinajstić information content (AvgIpc) is 2.66. The highest BCUT2D eigenvalue weighted by Gasteiger charge is 2.39. The molecule has 2 aromatic rings. The Balaban J connectivity index is 1.42. The second kappa shape index (κ2) is 8.55. The van der Waals surface area contributed by atoms with E-state index in [1.807, 2.05) is 6.07 Å². The molecule has 1 amide bonds. The topological polar surface area (TPSA) is 82.4 Å². The van der Waals surface area contributed by atoms with E-state index in [0.717, 1.165) is 19.5 Å². The van der Waals surface area contributed by atoms with Gasteiger partial charge in [0.2, 0.25) is 5.91 Å². The fourth-order valence-corrected chi connectivity index (χ4v) is 4.67. The van der Waals surface area contributed by atoms with E-state index in [-0.39, 0.29) is 12.2 Å². The van der Waals surface area contributed by atoms with E-state index in [1.54, 1.807) is 18.2 Å². The van der Waals surface area contributed by atoms with Crippen molar-refractivity contribution in [1.29, 1.82) is 0 Å². The van der Waals surface area contributed by atoms with Crippen LogP contribution in [0.5, 0.6) is 0 Å². The van der Waals surface area contributed by atoms with Crippen LogP contribution in [0.2, 0.25) is 10.0 Å². The fraction of sp³-hybridized carbons (Fsp3) is 0.300. The molecule has 0 aromatic heterocycles. The Morgan fingerprint density at radius 3 is 2.55 bits per heavy atom. The molecule has 1 fully saturated rings. The van der Waals surface area contributed by atoms with Crippen molar-refractivity contribution in [2.24, 2.45) is 11.7 Å². The van der Waals surface area contributed by atoms with Gasteiger partial charge in [0.25, 0.3) is 0 Å². The van der Waals surface area contributed by atoms with Crippen molar-refractivity contribution in [2.45, 2.75) is 25.4 Å². The number of hydrogen-bond donors (Lipinski definition) is 4. The Hall–Kier alpha value is -1.74. The molecule has 3 atom stereocenters. The molecular weight excluding hydrogens is 429 g/mol. The molecular formula is C20H21Cl2N5OS. The molecule has 2 aromatic carbocycles. The number of benzene rings is 2. The number of thiocarbonyl (C=S) groups is 1. The largest absolute Gasteiger partial charge is 0.349 e.